The molecule has 1 amide bonds. The first-order valence-corrected chi connectivity index (χ1v) is 6.00. The molecule has 1 saturated heterocycles. The Balaban J connectivity index is 1.85. The Morgan fingerprint density at radius 1 is 1.53 bits per heavy atom. The normalized spacial score (nSPS) is 20.1. The van der Waals surface area contributed by atoms with Crippen LogP contribution in [0.1, 0.15) is 18.4 Å². The van der Waals surface area contributed by atoms with Crippen molar-refractivity contribution in [1.82, 2.24) is 10.6 Å². The number of rotatable bonds is 3. The maximum absolute atomic E-state index is 11.0. The fourth-order valence-electron chi connectivity index (χ4n) is 1.83. The highest BCUT2D eigenvalue weighted by molar-refractivity contribution is 6.32. The van der Waals surface area contributed by atoms with Gasteiger partial charge in [-0.25, -0.2) is 0 Å². The molecule has 4 nitrogen and oxygen atoms in total. The number of nitrogens with one attached hydrogen (secondary N) is 2. The molecule has 5 heteroatoms. The van der Waals surface area contributed by atoms with Crippen LogP contribution < -0.4 is 10.6 Å². The van der Waals surface area contributed by atoms with Crippen LogP contribution in [0.15, 0.2) is 18.2 Å². The molecule has 1 unspecified atom stereocenters. The topological polar surface area (TPSA) is 61.4 Å². The number of phenolic OH excluding ortho intramolecular Hbond substituents is 1. The first kappa shape index (κ1) is 12.2. The van der Waals surface area contributed by atoms with Gasteiger partial charge in [-0.3, -0.25) is 4.79 Å². The third-order valence-electron chi connectivity index (χ3n) is 2.87. The van der Waals surface area contributed by atoms with Crippen LogP contribution >= 0.6 is 11.6 Å². The van der Waals surface area contributed by atoms with E-state index in [1.54, 1.807) is 12.1 Å². The predicted molar refractivity (Wildman–Crippen MR) is 66.0 cm³/mol. The second-order valence-electron chi connectivity index (χ2n) is 4.21. The van der Waals surface area contributed by atoms with Crippen molar-refractivity contribution in [2.75, 3.05) is 6.54 Å². The molecular weight excluding hydrogens is 240 g/mol. The molecule has 0 aromatic heterocycles. The Labute approximate surface area is 105 Å². The minimum absolute atomic E-state index is 0.0975. The van der Waals surface area contributed by atoms with Crippen molar-refractivity contribution >= 4 is 17.5 Å². The summed E-state index contributed by atoms with van der Waals surface area (Å²) in [6.45, 7) is 1.35. The molecule has 1 aromatic rings. The highest BCUT2D eigenvalue weighted by atomic mass is 35.5. The molecule has 1 heterocycles. The summed E-state index contributed by atoms with van der Waals surface area (Å²) in [7, 11) is 0. The molecule has 92 valence electrons. The van der Waals surface area contributed by atoms with Crippen molar-refractivity contribution in [2.45, 2.75) is 25.4 Å². The van der Waals surface area contributed by atoms with Gasteiger partial charge in [-0.1, -0.05) is 17.7 Å². The van der Waals surface area contributed by atoms with Gasteiger partial charge in [0, 0.05) is 25.6 Å². The molecule has 1 aliphatic heterocycles. The zero-order valence-electron chi connectivity index (χ0n) is 9.37. The molecule has 1 aliphatic rings. The molecular formula is C12H15ClN2O2. The van der Waals surface area contributed by atoms with Crippen LogP contribution in [0.2, 0.25) is 5.02 Å². The van der Waals surface area contributed by atoms with Gasteiger partial charge in [0.05, 0.1) is 5.02 Å². The highest BCUT2D eigenvalue weighted by Gasteiger charge is 2.16. The van der Waals surface area contributed by atoms with Gasteiger partial charge in [-0.05, 0) is 24.1 Å². The monoisotopic (exact) mass is 254 g/mol. The van der Waals surface area contributed by atoms with Gasteiger partial charge in [0.1, 0.15) is 5.75 Å². The van der Waals surface area contributed by atoms with Gasteiger partial charge in [-0.15, -0.1) is 0 Å². The average molecular weight is 255 g/mol. The number of carbonyl (C=O) groups excluding carboxylic acids is 1. The highest BCUT2D eigenvalue weighted by Crippen LogP contribution is 2.23. The van der Waals surface area contributed by atoms with Gasteiger partial charge in [0.25, 0.3) is 0 Å². The second-order valence-corrected chi connectivity index (χ2v) is 4.61. The Bertz CT molecular complexity index is 413. The van der Waals surface area contributed by atoms with Crippen molar-refractivity contribution in [2.24, 2.45) is 0 Å². The van der Waals surface area contributed by atoms with E-state index in [-0.39, 0.29) is 11.7 Å². The number of phenols is 1. The van der Waals surface area contributed by atoms with Crippen molar-refractivity contribution in [1.29, 1.82) is 0 Å². The van der Waals surface area contributed by atoms with Crippen LogP contribution in [0.5, 0.6) is 5.75 Å². The van der Waals surface area contributed by atoms with Gasteiger partial charge in [0.2, 0.25) is 5.91 Å². The summed E-state index contributed by atoms with van der Waals surface area (Å²) < 4.78 is 0. The molecule has 1 aromatic carbocycles. The lowest BCUT2D eigenvalue weighted by molar-refractivity contribution is -0.122. The van der Waals surface area contributed by atoms with E-state index in [1.807, 2.05) is 6.07 Å². The number of hydrogen-bond acceptors (Lipinski definition) is 3. The molecule has 1 fully saturated rings. The Kier molecular flexibility index (Phi) is 3.86. The summed E-state index contributed by atoms with van der Waals surface area (Å²) in [4.78, 5) is 11.0. The van der Waals surface area contributed by atoms with Crippen molar-refractivity contribution in [3.8, 4) is 5.75 Å². The summed E-state index contributed by atoms with van der Waals surface area (Å²) in [6.07, 6.45) is 1.44. The van der Waals surface area contributed by atoms with E-state index in [1.165, 1.54) is 0 Å². The van der Waals surface area contributed by atoms with Gasteiger partial charge >= 0.3 is 0 Å². The lowest BCUT2D eigenvalue weighted by atomic mass is 10.1. The largest absolute Gasteiger partial charge is 0.506 e. The lowest BCUT2D eigenvalue weighted by Crippen LogP contribution is -2.45. The van der Waals surface area contributed by atoms with Crippen molar-refractivity contribution < 1.29 is 9.90 Å². The molecule has 17 heavy (non-hydrogen) atoms. The fourth-order valence-corrected chi connectivity index (χ4v) is 2.03. The smallest absolute Gasteiger partial charge is 0.220 e. The number of aromatic hydroxyl groups is 1. The zero-order valence-corrected chi connectivity index (χ0v) is 10.1. The second kappa shape index (κ2) is 5.38. The Morgan fingerprint density at radius 2 is 2.35 bits per heavy atom. The van der Waals surface area contributed by atoms with E-state index in [4.69, 9.17) is 11.6 Å². The fraction of sp³-hybridized carbons (Fsp3) is 0.417. The van der Waals surface area contributed by atoms with E-state index >= 15 is 0 Å². The number of amides is 1. The van der Waals surface area contributed by atoms with Crippen molar-refractivity contribution in [3.05, 3.63) is 28.8 Å². The first-order valence-electron chi connectivity index (χ1n) is 5.62. The number of halogens is 1. The minimum Gasteiger partial charge on any atom is -0.506 e. The molecule has 2 rings (SSSR count). The van der Waals surface area contributed by atoms with E-state index < -0.39 is 0 Å². The Morgan fingerprint density at radius 3 is 3.00 bits per heavy atom. The molecule has 0 saturated carbocycles. The molecule has 0 spiro atoms. The van der Waals surface area contributed by atoms with E-state index in [9.17, 15) is 9.90 Å². The zero-order chi connectivity index (χ0) is 12.3. The maximum Gasteiger partial charge on any atom is 0.220 e. The van der Waals surface area contributed by atoms with Crippen molar-refractivity contribution in [3.63, 3.8) is 0 Å². The van der Waals surface area contributed by atoms with Crippen LogP contribution in [-0.2, 0) is 11.3 Å². The Hall–Kier alpha value is -1.26. The molecule has 1 atom stereocenters. The van der Waals surface area contributed by atoms with Gasteiger partial charge in [-0.2, -0.15) is 0 Å². The third kappa shape index (κ3) is 3.35. The van der Waals surface area contributed by atoms with Crippen LogP contribution in [0, 0.1) is 0 Å². The standard InChI is InChI=1S/C12H15ClN2O2/c13-10-5-8(1-3-11(10)16)6-14-9-2-4-12(17)15-7-9/h1,3,5,9,14,16H,2,4,6-7H2,(H,15,17). The van der Waals surface area contributed by atoms with E-state index in [0.29, 0.717) is 30.6 Å². The quantitative estimate of drug-likeness (QED) is 0.765. The van der Waals surface area contributed by atoms with E-state index in [0.717, 1.165) is 12.0 Å². The van der Waals surface area contributed by atoms with Crippen LogP contribution in [0.4, 0.5) is 0 Å². The van der Waals surface area contributed by atoms with Gasteiger partial charge < -0.3 is 15.7 Å². The van der Waals surface area contributed by atoms with Crippen LogP contribution in [-0.4, -0.2) is 23.6 Å². The number of benzene rings is 1. The summed E-state index contributed by atoms with van der Waals surface area (Å²) in [5.74, 6) is 0.219. The molecule has 3 N–H and O–H groups in total. The maximum atomic E-state index is 11.0. The lowest BCUT2D eigenvalue weighted by Gasteiger charge is -2.23. The van der Waals surface area contributed by atoms with Crippen LogP contribution in [0.3, 0.4) is 0 Å². The number of piperidine rings is 1. The summed E-state index contributed by atoms with van der Waals surface area (Å²) >= 11 is 5.82. The average Bonchev–Trinajstić information content (AvgIpc) is 2.33. The SMILES string of the molecule is O=C1CCC(NCc2ccc(O)c(Cl)c2)CN1. The molecule has 0 bridgehead atoms. The third-order valence-corrected chi connectivity index (χ3v) is 3.18. The number of carbonyl (C=O) groups is 1. The molecule has 0 aliphatic carbocycles. The minimum atomic E-state index is 0.0975. The summed E-state index contributed by atoms with van der Waals surface area (Å²) in [6, 6.07) is 5.46. The summed E-state index contributed by atoms with van der Waals surface area (Å²) in [5.41, 5.74) is 1.02. The van der Waals surface area contributed by atoms with Gasteiger partial charge in [0.15, 0.2) is 0 Å². The first-order chi connectivity index (χ1) is 8.15. The summed E-state index contributed by atoms with van der Waals surface area (Å²) in [5, 5.41) is 15.8. The van der Waals surface area contributed by atoms with Crippen LogP contribution in [0.25, 0.3) is 0 Å². The number of hydrogen-bond donors (Lipinski definition) is 3. The van der Waals surface area contributed by atoms with E-state index in [2.05, 4.69) is 10.6 Å². The predicted octanol–water partition coefficient (Wildman–Crippen LogP) is 1.41. The molecule has 0 radical (unpaired) electrons.